The average molecular weight is 402 g/mol. The number of hydrogen-bond acceptors (Lipinski definition) is 5. The molecule has 0 unspecified atom stereocenters. The minimum absolute atomic E-state index is 0.135. The van der Waals surface area contributed by atoms with Crippen molar-refractivity contribution in [2.45, 2.75) is 32.1 Å². The van der Waals surface area contributed by atoms with Crippen LogP contribution < -0.4 is 9.62 Å². The van der Waals surface area contributed by atoms with Gasteiger partial charge in [0.1, 0.15) is 11.1 Å². The van der Waals surface area contributed by atoms with Crippen LogP contribution in [0.15, 0.2) is 24.3 Å². The molecule has 0 saturated carbocycles. The number of fused-ring (bicyclic) bond motifs is 1. The lowest BCUT2D eigenvalue weighted by atomic mass is 9.96. The zero-order chi connectivity index (χ0) is 19.0. The zero-order valence-electron chi connectivity index (χ0n) is 14.7. The Morgan fingerprint density at radius 3 is 2.78 bits per heavy atom. The molecule has 1 aromatic heterocycles. The molecule has 140 valence electrons. The van der Waals surface area contributed by atoms with Gasteiger partial charge in [-0.25, -0.2) is 8.42 Å². The summed E-state index contributed by atoms with van der Waals surface area (Å²) in [5.74, 6) is -0.195. The molecule has 1 aliphatic carbocycles. The maximum atomic E-state index is 12.7. The van der Waals surface area contributed by atoms with Crippen molar-refractivity contribution in [3.05, 3.63) is 45.8 Å². The quantitative estimate of drug-likeness (QED) is 0.854. The summed E-state index contributed by atoms with van der Waals surface area (Å²) in [6.45, 7) is 0.434. The van der Waals surface area contributed by atoms with Gasteiger partial charge >= 0.3 is 0 Å². The number of hydrogen-bond donors (Lipinski definition) is 1. The van der Waals surface area contributed by atoms with Crippen LogP contribution in [0.3, 0.4) is 0 Å². The highest BCUT2D eigenvalue weighted by Gasteiger charge is 2.29. The van der Waals surface area contributed by atoms with E-state index >= 15 is 0 Å². The highest BCUT2D eigenvalue weighted by atomic mass is 32.2. The van der Waals surface area contributed by atoms with Crippen molar-refractivity contribution in [3.8, 4) is 6.07 Å². The summed E-state index contributed by atoms with van der Waals surface area (Å²) < 4.78 is 25.6. The maximum absolute atomic E-state index is 12.7. The van der Waals surface area contributed by atoms with Crippen molar-refractivity contribution in [2.75, 3.05) is 21.9 Å². The van der Waals surface area contributed by atoms with Gasteiger partial charge in [0.15, 0.2) is 0 Å². The smallest absolute Gasteiger partial charge is 0.256 e. The topological polar surface area (TPSA) is 90.3 Å². The molecule has 27 heavy (non-hydrogen) atoms. The van der Waals surface area contributed by atoms with Crippen LogP contribution in [0.25, 0.3) is 0 Å². The van der Waals surface area contributed by atoms with E-state index in [1.807, 2.05) is 0 Å². The first-order chi connectivity index (χ1) is 13.0. The molecule has 0 radical (unpaired) electrons. The Kier molecular flexibility index (Phi) is 4.66. The fraction of sp³-hybridized carbons (Fsp3) is 0.368. The Hall–Kier alpha value is -2.37. The van der Waals surface area contributed by atoms with E-state index in [0.717, 1.165) is 31.2 Å². The Morgan fingerprint density at radius 2 is 2.04 bits per heavy atom. The van der Waals surface area contributed by atoms with E-state index in [1.54, 1.807) is 24.3 Å². The minimum atomic E-state index is -3.29. The first-order valence-electron chi connectivity index (χ1n) is 8.96. The summed E-state index contributed by atoms with van der Waals surface area (Å²) in [4.78, 5) is 13.9. The highest BCUT2D eigenvalue weighted by molar-refractivity contribution is 7.93. The summed E-state index contributed by atoms with van der Waals surface area (Å²) in [5.41, 5.74) is 2.53. The average Bonchev–Trinajstić information content (AvgIpc) is 3.20. The Morgan fingerprint density at radius 1 is 1.22 bits per heavy atom. The van der Waals surface area contributed by atoms with Gasteiger partial charge in [-0.1, -0.05) is 6.07 Å². The molecule has 1 aliphatic heterocycles. The molecule has 0 spiro atoms. The van der Waals surface area contributed by atoms with Crippen molar-refractivity contribution in [1.82, 2.24) is 0 Å². The number of benzene rings is 1. The van der Waals surface area contributed by atoms with E-state index < -0.39 is 10.0 Å². The minimum Gasteiger partial charge on any atom is -0.312 e. The molecule has 1 aromatic carbocycles. The van der Waals surface area contributed by atoms with E-state index in [9.17, 15) is 18.5 Å². The third kappa shape index (κ3) is 3.33. The molecular formula is C19H19N3O3S2. The van der Waals surface area contributed by atoms with Crippen LogP contribution in [0.5, 0.6) is 0 Å². The van der Waals surface area contributed by atoms with Crippen LogP contribution in [0.2, 0.25) is 0 Å². The van der Waals surface area contributed by atoms with Gasteiger partial charge in [-0.15, -0.1) is 11.3 Å². The normalized spacial score (nSPS) is 18.0. The van der Waals surface area contributed by atoms with Crippen molar-refractivity contribution in [2.24, 2.45) is 0 Å². The molecule has 4 rings (SSSR count). The van der Waals surface area contributed by atoms with Gasteiger partial charge in [0, 0.05) is 17.0 Å². The fourth-order valence-electron chi connectivity index (χ4n) is 3.68. The highest BCUT2D eigenvalue weighted by Crippen LogP contribution is 2.38. The predicted molar refractivity (Wildman–Crippen MR) is 106 cm³/mol. The molecule has 0 atom stereocenters. The lowest BCUT2D eigenvalue weighted by molar-refractivity contribution is 0.102. The number of anilines is 2. The van der Waals surface area contributed by atoms with Crippen molar-refractivity contribution >= 4 is 38.0 Å². The van der Waals surface area contributed by atoms with E-state index in [0.29, 0.717) is 34.8 Å². The monoisotopic (exact) mass is 401 g/mol. The van der Waals surface area contributed by atoms with Crippen LogP contribution in [0.4, 0.5) is 10.7 Å². The van der Waals surface area contributed by atoms with Gasteiger partial charge in [-0.05, 0) is 55.9 Å². The van der Waals surface area contributed by atoms with Crippen molar-refractivity contribution < 1.29 is 13.2 Å². The number of amides is 1. The second kappa shape index (κ2) is 6.98. The molecule has 6 nitrogen and oxygen atoms in total. The largest absolute Gasteiger partial charge is 0.312 e. The van der Waals surface area contributed by atoms with E-state index in [4.69, 9.17) is 0 Å². The number of rotatable bonds is 3. The SMILES string of the molecule is N#Cc1c(NC(=O)c2cccc(N3CCCS3(=O)=O)c2)sc2c1CCCC2. The first kappa shape index (κ1) is 18.0. The van der Waals surface area contributed by atoms with Crippen LogP contribution in [-0.4, -0.2) is 26.6 Å². The lowest BCUT2D eigenvalue weighted by Crippen LogP contribution is -2.25. The number of aryl methyl sites for hydroxylation is 1. The van der Waals surface area contributed by atoms with Gasteiger partial charge in [-0.2, -0.15) is 5.26 Å². The van der Waals surface area contributed by atoms with Crippen LogP contribution in [-0.2, 0) is 22.9 Å². The zero-order valence-corrected chi connectivity index (χ0v) is 16.3. The second-order valence-electron chi connectivity index (χ2n) is 6.77. The summed E-state index contributed by atoms with van der Waals surface area (Å²) in [5, 5.41) is 13.0. The Labute approximate surface area is 162 Å². The number of nitriles is 1. The van der Waals surface area contributed by atoms with Gasteiger partial charge in [0.2, 0.25) is 10.0 Å². The maximum Gasteiger partial charge on any atom is 0.256 e. The number of thiophene rings is 1. The van der Waals surface area contributed by atoms with Crippen LogP contribution in [0, 0.1) is 11.3 Å². The van der Waals surface area contributed by atoms with Crippen LogP contribution >= 0.6 is 11.3 Å². The van der Waals surface area contributed by atoms with Crippen molar-refractivity contribution in [1.29, 1.82) is 5.26 Å². The summed E-state index contributed by atoms with van der Waals surface area (Å²) in [7, 11) is -3.29. The number of nitrogens with zero attached hydrogens (tertiary/aromatic N) is 2. The molecule has 1 fully saturated rings. The van der Waals surface area contributed by atoms with Gasteiger partial charge in [0.25, 0.3) is 5.91 Å². The van der Waals surface area contributed by atoms with Gasteiger partial charge in [0.05, 0.1) is 17.0 Å². The van der Waals surface area contributed by atoms with Crippen LogP contribution in [0.1, 0.15) is 45.6 Å². The fourth-order valence-corrected chi connectivity index (χ4v) is 6.47. The number of sulfonamides is 1. The Balaban J connectivity index is 1.61. The molecule has 1 amide bonds. The lowest BCUT2D eigenvalue weighted by Gasteiger charge is -2.17. The molecule has 2 aromatic rings. The third-order valence-electron chi connectivity index (χ3n) is 5.01. The van der Waals surface area contributed by atoms with Gasteiger partial charge < -0.3 is 5.32 Å². The molecule has 8 heteroatoms. The molecule has 1 saturated heterocycles. The van der Waals surface area contributed by atoms with Gasteiger partial charge in [-0.3, -0.25) is 9.10 Å². The molecule has 0 bridgehead atoms. The predicted octanol–water partition coefficient (Wildman–Crippen LogP) is 3.29. The van der Waals surface area contributed by atoms with E-state index in [1.165, 1.54) is 20.5 Å². The summed E-state index contributed by atoms with van der Waals surface area (Å²) >= 11 is 1.48. The standard InChI is InChI=1S/C19H19N3O3S2/c20-12-16-15-7-1-2-8-17(15)26-19(16)21-18(23)13-5-3-6-14(11-13)22-9-4-10-27(22,24)25/h3,5-6,11H,1-2,4,7-10H2,(H,21,23). The number of carbonyl (C=O) groups is 1. The number of carbonyl (C=O) groups excluding carboxylic acids is 1. The second-order valence-corrected chi connectivity index (χ2v) is 9.89. The first-order valence-corrected chi connectivity index (χ1v) is 11.4. The molecule has 1 N–H and O–H groups in total. The van der Waals surface area contributed by atoms with Crippen molar-refractivity contribution in [3.63, 3.8) is 0 Å². The summed E-state index contributed by atoms with van der Waals surface area (Å²) in [6, 6.07) is 8.87. The number of nitrogens with one attached hydrogen (secondary N) is 1. The van der Waals surface area contributed by atoms with E-state index in [2.05, 4.69) is 11.4 Å². The van der Waals surface area contributed by atoms with E-state index in [-0.39, 0.29) is 11.7 Å². The molecule has 2 heterocycles. The molecule has 2 aliphatic rings. The third-order valence-corrected chi connectivity index (χ3v) is 8.08. The molecular weight excluding hydrogens is 382 g/mol. The Bertz CT molecular complexity index is 1050. The summed E-state index contributed by atoms with van der Waals surface area (Å²) in [6.07, 6.45) is 4.60.